The SMILES string of the molecule is N#CC1CCCN1CCC(F)(F)F. The van der Waals surface area contributed by atoms with Crippen molar-refractivity contribution in [1.29, 1.82) is 5.26 Å². The average Bonchev–Trinajstić information content (AvgIpc) is 2.46. The van der Waals surface area contributed by atoms with E-state index < -0.39 is 12.6 Å². The Bertz CT molecular complexity index is 206. The maximum absolute atomic E-state index is 11.8. The van der Waals surface area contributed by atoms with Gasteiger partial charge in [0.05, 0.1) is 18.5 Å². The van der Waals surface area contributed by atoms with Gasteiger partial charge in [0, 0.05) is 6.54 Å². The van der Waals surface area contributed by atoms with Gasteiger partial charge in [0.15, 0.2) is 0 Å². The van der Waals surface area contributed by atoms with Crippen molar-refractivity contribution in [1.82, 2.24) is 4.90 Å². The quantitative estimate of drug-likeness (QED) is 0.668. The van der Waals surface area contributed by atoms with Gasteiger partial charge >= 0.3 is 6.18 Å². The van der Waals surface area contributed by atoms with E-state index in [2.05, 4.69) is 0 Å². The lowest BCUT2D eigenvalue weighted by Crippen LogP contribution is -2.31. The zero-order chi connectivity index (χ0) is 9.90. The van der Waals surface area contributed by atoms with Crippen molar-refractivity contribution in [2.75, 3.05) is 13.1 Å². The minimum atomic E-state index is -4.11. The van der Waals surface area contributed by atoms with E-state index in [1.54, 1.807) is 4.90 Å². The second-order valence-corrected chi connectivity index (χ2v) is 3.19. The monoisotopic (exact) mass is 192 g/mol. The zero-order valence-corrected chi connectivity index (χ0v) is 7.14. The molecular weight excluding hydrogens is 181 g/mol. The van der Waals surface area contributed by atoms with Gasteiger partial charge in [-0.2, -0.15) is 18.4 Å². The van der Waals surface area contributed by atoms with E-state index in [1.807, 2.05) is 6.07 Å². The first-order chi connectivity index (χ1) is 6.03. The van der Waals surface area contributed by atoms with Crippen LogP contribution in [-0.2, 0) is 0 Å². The van der Waals surface area contributed by atoms with Crippen molar-refractivity contribution in [3.8, 4) is 6.07 Å². The van der Waals surface area contributed by atoms with E-state index in [9.17, 15) is 13.2 Å². The molecule has 0 radical (unpaired) electrons. The number of nitrogens with zero attached hydrogens (tertiary/aromatic N) is 2. The number of rotatable bonds is 2. The van der Waals surface area contributed by atoms with Gasteiger partial charge < -0.3 is 0 Å². The summed E-state index contributed by atoms with van der Waals surface area (Å²) in [6.07, 6.45) is -3.39. The molecule has 1 fully saturated rings. The first-order valence-corrected chi connectivity index (χ1v) is 4.23. The van der Waals surface area contributed by atoms with Gasteiger partial charge in [-0.05, 0) is 19.4 Å². The summed E-state index contributed by atoms with van der Waals surface area (Å²) in [5, 5.41) is 8.59. The van der Waals surface area contributed by atoms with Crippen LogP contribution in [0.5, 0.6) is 0 Å². The molecule has 1 saturated heterocycles. The molecule has 1 heterocycles. The van der Waals surface area contributed by atoms with E-state index in [0.29, 0.717) is 13.0 Å². The lowest BCUT2D eigenvalue weighted by atomic mass is 10.2. The van der Waals surface area contributed by atoms with Gasteiger partial charge in [-0.1, -0.05) is 0 Å². The lowest BCUT2D eigenvalue weighted by Gasteiger charge is -2.19. The molecule has 74 valence electrons. The molecule has 1 unspecified atom stereocenters. The van der Waals surface area contributed by atoms with Crippen LogP contribution in [0, 0.1) is 11.3 Å². The van der Waals surface area contributed by atoms with Crippen LogP contribution in [0.2, 0.25) is 0 Å². The maximum atomic E-state index is 11.8. The van der Waals surface area contributed by atoms with E-state index in [-0.39, 0.29) is 12.6 Å². The van der Waals surface area contributed by atoms with E-state index >= 15 is 0 Å². The smallest absolute Gasteiger partial charge is 0.288 e. The van der Waals surface area contributed by atoms with Gasteiger partial charge in [0.1, 0.15) is 0 Å². The Morgan fingerprint density at radius 1 is 1.46 bits per heavy atom. The Morgan fingerprint density at radius 3 is 2.69 bits per heavy atom. The van der Waals surface area contributed by atoms with Gasteiger partial charge in [0.25, 0.3) is 0 Å². The molecule has 0 saturated carbocycles. The number of halogens is 3. The highest BCUT2D eigenvalue weighted by Gasteiger charge is 2.31. The molecule has 1 aliphatic heterocycles. The predicted molar refractivity (Wildman–Crippen MR) is 40.9 cm³/mol. The number of hydrogen-bond donors (Lipinski definition) is 0. The second-order valence-electron chi connectivity index (χ2n) is 3.19. The molecule has 1 atom stereocenters. The summed E-state index contributed by atoms with van der Waals surface area (Å²) in [6.45, 7) is 0.579. The van der Waals surface area contributed by atoms with Crippen LogP contribution in [0.4, 0.5) is 13.2 Å². The summed E-state index contributed by atoms with van der Waals surface area (Å²) in [5.41, 5.74) is 0. The highest BCUT2D eigenvalue weighted by atomic mass is 19.4. The number of hydrogen-bond acceptors (Lipinski definition) is 2. The third-order valence-corrected chi connectivity index (χ3v) is 2.20. The van der Waals surface area contributed by atoms with Crippen LogP contribution in [0.3, 0.4) is 0 Å². The topological polar surface area (TPSA) is 27.0 Å². The molecule has 1 aliphatic rings. The van der Waals surface area contributed by atoms with Crippen molar-refractivity contribution < 1.29 is 13.2 Å². The van der Waals surface area contributed by atoms with Gasteiger partial charge in [-0.15, -0.1) is 0 Å². The van der Waals surface area contributed by atoms with Crippen molar-refractivity contribution in [2.24, 2.45) is 0 Å². The third-order valence-electron chi connectivity index (χ3n) is 2.20. The standard InChI is InChI=1S/C8H11F3N2/c9-8(10,11)3-5-13-4-1-2-7(13)6-12/h7H,1-5H2. The third kappa shape index (κ3) is 3.23. The maximum Gasteiger partial charge on any atom is 0.390 e. The Kier molecular flexibility index (Phi) is 3.15. The van der Waals surface area contributed by atoms with Gasteiger partial charge in [-0.3, -0.25) is 4.90 Å². The molecule has 0 bridgehead atoms. The molecule has 2 nitrogen and oxygen atoms in total. The summed E-state index contributed by atoms with van der Waals surface area (Å²) in [6, 6.07) is 1.71. The van der Waals surface area contributed by atoms with Crippen LogP contribution in [0.25, 0.3) is 0 Å². The highest BCUT2D eigenvalue weighted by molar-refractivity contribution is 4.95. The van der Waals surface area contributed by atoms with Crippen molar-refractivity contribution in [3.63, 3.8) is 0 Å². The minimum Gasteiger partial charge on any atom is -0.288 e. The minimum absolute atomic E-state index is 0.0400. The highest BCUT2D eigenvalue weighted by Crippen LogP contribution is 2.23. The van der Waals surface area contributed by atoms with Crippen LogP contribution in [0.15, 0.2) is 0 Å². The fourth-order valence-corrected chi connectivity index (χ4v) is 1.51. The van der Waals surface area contributed by atoms with Crippen LogP contribution < -0.4 is 0 Å². The van der Waals surface area contributed by atoms with E-state index in [4.69, 9.17) is 5.26 Å². The Labute approximate surface area is 74.9 Å². The Balaban J connectivity index is 2.33. The zero-order valence-electron chi connectivity index (χ0n) is 7.14. The summed E-state index contributed by atoms with van der Waals surface area (Å²) in [7, 11) is 0. The van der Waals surface area contributed by atoms with Crippen LogP contribution in [0.1, 0.15) is 19.3 Å². The van der Waals surface area contributed by atoms with Crippen LogP contribution in [-0.4, -0.2) is 30.2 Å². The molecule has 13 heavy (non-hydrogen) atoms. The summed E-state index contributed by atoms with van der Waals surface area (Å²) in [5.74, 6) is 0. The van der Waals surface area contributed by atoms with Gasteiger partial charge in [-0.25, -0.2) is 0 Å². The molecule has 0 aromatic carbocycles. The first-order valence-electron chi connectivity index (χ1n) is 4.23. The summed E-state index contributed by atoms with van der Waals surface area (Å²) < 4.78 is 35.5. The fraction of sp³-hybridized carbons (Fsp3) is 0.875. The Hall–Kier alpha value is -0.760. The molecule has 0 spiro atoms. The molecule has 0 N–H and O–H groups in total. The molecular formula is C8H11F3N2. The molecule has 0 aromatic heterocycles. The molecule has 5 heteroatoms. The number of alkyl halides is 3. The molecule has 0 aliphatic carbocycles. The second kappa shape index (κ2) is 3.97. The average molecular weight is 192 g/mol. The lowest BCUT2D eigenvalue weighted by molar-refractivity contribution is -0.137. The first kappa shape index (κ1) is 10.3. The van der Waals surface area contributed by atoms with Crippen molar-refractivity contribution in [3.05, 3.63) is 0 Å². The Morgan fingerprint density at radius 2 is 2.15 bits per heavy atom. The van der Waals surface area contributed by atoms with E-state index in [1.165, 1.54) is 0 Å². The predicted octanol–water partition coefficient (Wildman–Crippen LogP) is 1.93. The fourth-order valence-electron chi connectivity index (χ4n) is 1.51. The van der Waals surface area contributed by atoms with Crippen molar-refractivity contribution >= 4 is 0 Å². The molecule has 0 amide bonds. The molecule has 0 aromatic rings. The summed E-state index contributed by atoms with van der Waals surface area (Å²) >= 11 is 0. The normalized spacial score (nSPS) is 24.6. The molecule has 1 rings (SSSR count). The number of nitriles is 1. The summed E-state index contributed by atoms with van der Waals surface area (Å²) in [4.78, 5) is 1.60. The van der Waals surface area contributed by atoms with Gasteiger partial charge in [0.2, 0.25) is 0 Å². The van der Waals surface area contributed by atoms with Crippen molar-refractivity contribution in [2.45, 2.75) is 31.5 Å². The largest absolute Gasteiger partial charge is 0.390 e. The van der Waals surface area contributed by atoms with E-state index in [0.717, 1.165) is 6.42 Å². The number of likely N-dealkylation sites (tertiary alicyclic amines) is 1. The van der Waals surface area contributed by atoms with Crippen LogP contribution >= 0.6 is 0 Å².